The van der Waals surface area contributed by atoms with Crippen LogP contribution in [0.25, 0.3) is 21.5 Å². The maximum atomic E-state index is 13.4. The summed E-state index contributed by atoms with van der Waals surface area (Å²) in [4.78, 5) is 33.3. The standard InChI is InChI=1S/C26H27N5O3S/c1-3-18-11-7-8-17(2)21(18)27-20(32)16-31-25(33)23-24(22(29-31)19-9-5-4-6-10-19)35-26(28-23)30-12-14-34-15-13-30/h4-11H,3,12-16H2,1-2H3,(H,27,32). The number of hydrogen-bond acceptors (Lipinski definition) is 7. The number of benzene rings is 2. The number of aromatic nitrogens is 3. The summed E-state index contributed by atoms with van der Waals surface area (Å²) < 4.78 is 7.42. The van der Waals surface area contributed by atoms with Crippen LogP contribution in [-0.4, -0.2) is 47.0 Å². The van der Waals surface area contributed by atoms with E-state index >= 15 is 0 Å². The molecule has 0 unspecified atom stereocenters. The van der Waals surface area contributed by atoms with Crippen LogP contribution < -0.4 is 15.8 Å². The molecule has 5 rings (SSSR count). The first-order valence-corrected chi connectivity index (χ1v) is 12.5. The number of carbonyl (C=O) groups excluding carboxylic acids is 1. The molecule has 180 valence electrons. The topological polar surface area (TPSA) is 89.3 Å². The minimum absolute atomic E-state index is 0.198. The maximum Gasteiger partial charge on any atom is 0.294 e. The van der Waals surface area contributed by atoms with Crippen LogP contribution in [0.1, 0.15) is 18.1 Å². The Hall–Kier alpha value is -3.56. The number of fused-ring (bicyclic) bond motifs is 1. The molecule has 2 aromatic carbocycles. The lowest BCUT2D eigenvalue weighted by Gasteiger charge is -2.25. The third-order valence-electron chi connectivity index (χ3n) is 6.12. The van der Waals surface area contributed by atoms with Crippen molar-refractivity contribution >= 4 is 38.3 Å². The van der Waals surface area contributed by atoms with Crippen molar-refractivity contribution in [3.05, 3.63) is 70.0 Å². The van der Waals surface area contributed by atoms with E-state index in [9.17, 15) is 9.59 Å². The number of anilines is 2. The number of rotatable bonds is 6. The van der Waals surface area contributed by atoms with E-state index in [1.165, 1.54) is 16.0 Å². The summed E-state index contributed by atoms with van der Waals surface area (Å²) >= 11 is 1.46. The summed E-state index contributed by atoms with van der Waals surface area (Å²) in [5.74, 6) is -0.300. The lowest BCUT2D eigenvalue weighted by Crippen LogP contribution is -2.36. The van der Waals surface area contributed by atoms with E-state index in [0.29, 0.717) is 24.4 Å². The van der Waals surface area contributed by atoms with Crippen LogP contribution in [0.2, 0.25) is 0 Å². The molecule has 1 fully saturated rings. The molecule has 0 saturated carbocycles. The van der Waals surface area contributed by atoms with Crippen LogP contribution in [0.15, 0.2) is 53.3 Å². The summed E-state index contributed by atoms with van der Waals surface area (Å²) in [6.07, 6.45) is 0.794. The van der Waals surface area contributed by atoms with Gasteiger partial charge in [-0.15, -0.1) is 0 Å². The summed E-state index contributed by atoms with van der Waals surface area (Å²) in [5.41, 5.74) is 4.31. The van der Waals surface area contributed by atoms with Crippen LogP contribution in [0, 0.1) is 6.92 Å². The predicted octanol–water partition coefficient (Wildman–Crippen LogP) is 3.87. The van der Waals surface area contributed by atoms with E-state index in [4.69, 9.17) is 9.72 Å². The largest absolute Gasteiger partial charge is 0.378 e. The molecule has 1 N–H and O–H groups in total. The second-order valence-corrected chi connectivity index (χ2v) is 9.44. The van der Waals surface area contributed by atoms with Gasteiger partial charge in [0.15, 0.2) is 10.6 Å². The minimum atomic E-state index is -0.369. The first-order valence-electron chi connectivity index (χ1n) is 11.7. The normalized spacial score (nSPS) is 13.8. The molecule has 3 heterocycles. The van der Waals surface area contributed by atoms with Gasteiger partial charge in [-0.2, -0.15) is 5.10 Å². The first-order chi connectivity index (χ1) is 17.0. The van der Waals surface area contributed by atoms with Crippen molar-refractivity contribution in [1.29, 1.82) is 0 Å². The number of carbonyl (C=O) groups is 1. The summed E-state index contributed by atoms with van der Waals surface area (Å²) in [5, 5.41) is 8.41. The number of hydrogen-bond donors (Lipinski definition) is 1. The summed E-state index contributed by atoms with van der Waals surface area (Å²) in [7, 11) is 0. The van der Waals surface area contributed by atoms with Crippen molar-refractivity contribution in [2.24, 2.45) is 0 Å². The third-order valence-corrected chi connectivity index (χ3v) is 7.24. The fraction of sp³-hybridized carbons (Fsp3) is 0.308. The van der Waals surface area contributed by atoms with Gasteiger partial charge in [-0.05, 0) is 24.5 Å². The molecule has 1 aliphatic rings. The van der Waals surface area contributed by atoms with Gasteiger partial charge in [0.05, 0.1) is 17.9 Å². The molecule has 0 atom stereocenters. The molecule has 0 radical (unpaired) electrons. The highest BCUT2D eigenvalue weighted by Gasteiger charge is 2.22. The Balaban J connectivity index is 1.55. The quantitative estimate of drug-likeness (QED) is 0.442. The number of ether oxygens (including phenoxy) is 1. The Morgan fingerprint density at radius 2 is 1.89 bits per heavy atom. The number of para-hydroxylation sites is 1. The van der Waals surface area contributed by atoms with E-state index in [2.05, 4.69) is 15.3 Å². The van der Waals surface area contributed by atoms with Gasteiger partial charge in [0.25, 0.3) is 5.56 Å². The van der Waals surface area contributed by atoms with Crippen molar-refractivity contribution < 1.29 is 9.53 Å². The van der Waals surface area contributed by atoms with Crippen molar-refractivity contribution in [2.45, 2.75) is 26.8 Å². The lowest BCUT2D eigenvalue weighted by molar-refractivity contribution is -0.117. The summed E-state index contributed by atoms with van der Waals surface area (Å²) in [6, 6.07) is 15.6. The second kappa shape index (κ2) is 9.97. The summed E-state index contributed by atoms with van der Waals surface area (Å²) in [6.45, 7) is 6.51. The van der Waals surface area contributed by atoms with E-state index in [1.54, 1.807) is 0 Å². The fourth-order valence-corrected chi connectivity index (χ4v) is 5.36. The molecule has 9 heteroatoms. The van der Waals surface area contributed by atoms with E-state index < -0.39 is 0 Å². The number of amides is 1. The molecule has 0 bridgehead atoms. The smallest absolute Gasteiger partial charge is 0.294 e. The predicted molar refractivity (Wildman–Crippen MR) is 139 cm³/mol. The van der Waals surface area contributed by atoms with E-state index in [-0.39, 0.29) is 18.0 Å². The molecule has 2 aromatic heterocycles. The number of morpholine rings is 1. The highest BCUT2D eigenvalue weighted by atomic mass is 32.1. The van der Waals surface area contributed by atoms with Crippen LogP contribution in [-0.2, 0) is 22.5 Å². The highest BCUT2D eigenvalue weighted by Crippen LogP contribution is 2.34. The Kier molecular flexibility index (Phi) is 6.61. The van der Waals surface area contributed by atoms with Crippen LogP contribution in [0.5, 0.6) is 0 Å². The van der Waals surface area contributed by atoms with Crippen molar-refractivity contribution in [3.63, 3.8) is 0 Å². The number of aryl methyl sites for hydroxylation is 2. The molecule has 0 spiro atoms. The molecular weight excluding hydrogens is 462 g/mol. The zero-order chi connectivity index (χ0) is 24.4. The number of thiazole rings is 1. The Morgan fingerprint density at radius 3 is 2.63 bits per heavy atom. The average Bonchev–Trinajstić information content (AvgIpc) is 3.34. The fourth-order valence-electron chi connectivity index (χ4n) is 4.25. The monoisotopic (exact) mass is 489 g/mol. The first kappa shape index (κ1) is 23.2. The Labute approximate surface area is 207 Å². The molecule has 4 aromatic rings. The maximum absolute atomic E-state index is 13.4. The van der Waals surface area contributed by atoms with Gasteiger partial charge >= 0.3 is 0 Å². The zero-order valence-corrected chi connectivity index (χ0v) is 20.6. The van der Waals surface area contributed by atoms with Gasteiger partial charge in [-0.25, -0.2) is 9.67 Å². The van der Waals surface area contributed by atoms with Gasteiger partial charge in [-0.3, -0.25) is 9.59 Å². The number of nitrogens with zero attached hydrogens (tertiary/aromatic N) is 4. The zero-order valence-electron chi connectivity index (χ0n) is 19.8. The van der Waals surface area contributed by atoms with Crippen molar-refractivity contribution in [1.82, 2.24) is 14.8 Å². The average molecular weight is 490 g/mol. The molecule has 1 amide bonds. The van der Waals surface area contributed by atoms with E-state index in [0.717, 1.165) is 51.7 Å². The van der Waals surface area contributed by atoms with Gasteiger partial charge in [-0.1, -0.05) is 66.8 Å². The van der Waals surface area contributed by atoms with Crippen LogP contribution in [0.4, 0.5) is 10.8 Å². The molecule has 1 saturated heterocycles. The minimum Gasteiger partial charge on any atom is -0.378 e. The van der Waals surface area contributed by atoms with Crippen molar-refractivity contribution in [3.8, 4) is 11.3 Å². The van der Waals surface area contributed by atoms with Gasteiger partial charge in [0, 0.05) is 24.3 Å². The molecular formula is C26H27N5O3S. The molecule has 35 heavy (non-hydrogen) atoms. The number of nitrogens with one attached hydrogen (secondary N) is 1. The molecule has 0 aliphatic carbocycles. The third kappa shape index (κ3) is 4.69. The molecule has 8 nitrogen and oxygen atoms in total. The van der Waals surface area contributed by atoms with Crippen LogP contribution in [0.3, 0.4) is 0 Å². The second-order valence-electron chi connectivity index (χ2n) is 8.46. The Bertz CT molecular complexity index is 1420. The SMILES string of the molecule is CCc1cccc(C)c1NC(=O)Cn1nc(-c2ccccc2)c2sc(N3CCOCC3)nc2c1=O. The van der Waals surface area contributed by atoms with E-state index in [1.807, 2.05) is 62.4 Å². The Morgan fingerprint density at radius 1 is 1.11 bits per heavy atom. The lowest BCUT2D eigenvalue weighted by atomic mass is 10.1. The van der Waals surface area contributed by atoms with Crippen LogP contribution >= 0.6 is 11.3 Å². The van der Waals surface area contributed by atoms with Gasteiger partial charge in [0.2, 0.25) is 5.91 Å². The van der Waals surface area contributed by atoms with Gasteiger partial charge < -0.3 is 15.0 Å². The highest BCUT2D eigenvalue weighted by molar-refractivity contribution is 7.22. The van der Waals surface area contributed by atoms with Crippen molar-refractivity contribution in [2.75, 3.05) is 36.5 Å². The molecule has 1 aliphatic heterocycles. The van der Waals surface area contributed by atoms with Gasteiger partial charge in [0.1, 0.15) is 12.2 Å².